The average molecular weight is 310 g/mol. The Bertz CT molecular complexity index is 369. The highest BCUT2D eigenvalue weighted by Gasteiger charge is 2.36. The van der Waals surface area contributed by atoms with Gasteiger partial charge in [0.15, 0.2) is 6.29 Å². The minimum atomic E-state index is -0.0892. The standard InChI is InChI=1S/C17H30N2O3/c1-2-8-18-9-4-3-7-15(18)16(20)19-10-5-6-14(13-19)17-21-11-12-22-17/h14-15,17H,2-13H2,1H3. The van der Waals surface area contributed by atoms with Gasteiger partial charge in [0.25, 0.3) is 0 Å². The Kier molecular flexibility index (Phi) is 5.71. The van der Waals surface area contributed by atoms with E-state index < -0.39 is 0 Å². The number of rotatable bonds is 4. The average Bonchev–Trinajstić information content (AvgIpc) is 3.10. The highest BCUT2D eigenvalue weighted by Crippen LogP contribution is 2.27. The summed E-state index contributed by atoms with van der Waals surface area (Å²) in [5.74, 6) is 0.694. The van der Waals surface area contributed by atoms with Crippen LogP contribution in [0.1, 0.15) is 45.4 Å². The number of ether oxygens (including phenoxy) is 2. The molecule has 1 amide bonds. The molecular weight excluding hydrogens is 280 g/mol. The lowest BCUT2D eigenvalue weighted by molar-refractivity contribution is -0.145. The fourth-order valence-electron chi connectivity index (χ4n) is 4.12. The molecule has 2 unspecified atom stereocenters. The summed E-state index contributed by atoms with van der Waals surface area (Å²) in [5.41, 5.74) is 0. The van der Waals surface area contributed by atoms with E-state index in [0.717, 1.165) is 51.9 Å². The zero-order valence-electron chi connectivity index (χ0n) is 13.8. The lowest BCUT2D eigenvalue weighted by Crippen LogP contribution is -2.54. The van der Waals surface area contributed by atoms with Crippen LogP contribution in [0.15, 0.2) is 0 Å². The molecule has 0 aromatic rings. The van der Waals surface area contributed by atoms with Gasteiger partial charge in [-0.3, -0.25) is 9.69 Å². The summed E-state index contributed by atoms with van der Waals surface area (Å²) in [6, 6.07) is 0.109. The Morgan fingerprint density at radius 2 is 1.91 bits per heavy atom. The molecule has 22 heavy (non-hydrogen) atoms. The zero-order chi connectivity index (χ0) is 15.4. The van der Waals surface area contributed by atoms with Crippen LogP contribution in [-0.2, 0) is 14.3 Å². The zero-order valence-corrected chi connectivity index (χ0v) is 13.8. The number of likely N-dealkylation sites (tertiary alicyclic amines) is 2. The molecule has 0 radical (unpaired) electrons. The van der Waals surface area contributed by atoms with Gasteiger partial charge < -0.3 is 14.4 Å². The van der Waals surface area contributed by atoms with Crippen molar-refractivity contribution in [1.29, 1.82) is 0 Å². The summed E-state index contributed by atoms with van der Waals surface area (Å²) in [4.78, 5) is 17.5. The lowest BCUT2D eigenvalue weighted by Gasteiger charge is -2.41. The summed E-state index contributed by atoms with van der Waals surface area (Å²) >= 11 is 0. The van der Waals surface area contributed by atoms with E-state index in [-0.39, 0.29) is 12.3 Å². The van der Waals surface area contributed by atoms with Crippen LogP contribution in [0.25, 0.3) is 0 Å². The van der Waals surface area contributed by atoms with E-state index in [9.17, 15) is 4.79 Å². The molecule has 5 heteroatoms. The second-order valence-electron chi connectivity index (χ2n) is 6.84. The molecule has 0 spiro atoms. The molecule has 0 aliphatic carbocycles. The quantitative estimate of drug-likeness (QED) is 0.795. The van der Waals surface area contributed by atoms with Crippen molar-refractivity contribution in [2.24, 2.45) is 5.92 Å². The Hall–Kier alpha value is -0.650. The first-order chi connectivity index (χ1) is 10.8. The van der Waals surface area contributed by atoms with E-state index in [4.69, 9.17) is 9.47 Å². The van der Waals surface area contributed by atoms with E-state index in [1.54, 1.807) is 0 Å². The Morgan fingerprint density at radius 1 is 1.09 bits per heavy atom. The first kappa shape index (κ1) is 16.2. The SMILES string of the molecule is CCCN1CCCCC1C(=O)N1CCCC(C2OCCO2)C1. The fraction of sp³-hybridized carbons (Fsp3) is 0.941. The van der Waals surface area contributed by atoms with Crippen molar-refractivity contribution >= 4 is 5.91 Å². The maximum absolute atomic E-state index is 13.0. The molecule has 0 aromatic carbocycles. The molecule has 2 atom stereocenters. The van der Waals surface area contributed by atoms with Crippen LogP contribution in [0, 0.1) is 5.92 Å². The number of hydrogen-bond acceptors (Lipinski definition) is 4. The normalized spacial score (nSPS) is 31.6. The predicted octanol–water partition coefficient (Wildman–Crippen LogP) is 1.86. The molecule has 3 saturated heterocycles. The third kappa shape index (κ3) is 3.63. The van der Waals surface area contributed by atoms with E-state index in [1.807, 2.05) is 0 Å². The summed E-state index contributed by atoms with van der Waals surface area (Å²) in [7, 11) is 0. The molecular formula is C17H30N2O3. The number of amides is 1. The second kappa shape index (κ2) is 7.75. The predicted molar refractivity (Wildman–Crippen MR) is 84.5 cm³/mol. The van der Waals surface area contributed by atoms with Crippen LogP contribution >= 0.6 is 0 Å². The number of hydrogen-bond donors (Lipinski definition) is 0. The summed E-state index contributed by atoms with van der Waals surface area (Å²) in [6.45, 7) is 7.42. The molecule has 3 aliphatic rings. The van der Waals surface area contributed by atoms with E-state index in [1.165, 1.54) is 12.8 Å². The van der Waals surface area contributed by atoms with Crippen molar-refractivity contribution in [3.05, 3.63) is 0 Å². The Morgan fingerprint density at radius 3 is 2.68 bits per heavy atom. The van der Waals surface area contributed by atoms with Crippen molar-refractivity contribution in [3.8, 4) is 0 Å². The van der Waals surface area contributed by atoms with Gasteiger partial charge in [-0.25, -0.2) is 0 Å². The van der Waals surface area contributed by atoms with Gasteiger partial charge in [0.05, 0.1) is 19.3 Å². The summed E-state index contributed by atoms with van der Waals surface area (Å²) in [5, 5.41) is 0. The van der Waals surface area contributed by atoms with Gasteiger partial charge in [-0.2, -0.15) is 0 Å². The number of carbonyl (C=O) groups excluding carboxylic acids is 1. The van der Waals surface area contributed by atoms with Crippen molar-refractivity contribution in [2.75, 3.05) is 39.4 Å². The van der Waals surface area contributed by atoms with Crippen LogP contribution in [0.4, 0.5) is 0 Å². The Labute approximate surface area is 133 Å². The van der Waals surface area contributed by atoms with Crippen molar-refractivity contribution in [2.45, 2.75) is 57.8 Å². The van der Waals surface area contributed by atoms with Crippen LogP contribution in [0.2, 0.25) is 0 Å². The Balaban J connectivity index is 1.60. The van der Waals surface area contributed by atoms with Gasteiger partial charge in [0.1, 0.15) is 0 Å². The smallest absolute Gasteiger partial charge is 0.239 e. The molecule has 3 aliphatic heterocycles. The minimum Gasteiger partial charge on any atom is -0.350 e. The van der Waals surface area contributed by atoms with Crippen LogP contribution in [0.5, 0.6) is 0 Å². The monoisotopic (exact) mass is 310 g/mol. The summed E-state index contributed by atoms with van der Waals surface area (Å²) < 4.78 is 11.3. The molecule has 0 N–H and O–H groups in total. The van der Waals surface area contributed by atoms with Gasteiger partial charge in [-0.1, -0.05) is 13.3 Å². The molecule has 0 aromatic heterocycles. The van der Waals surface area contributed by atoms with Gasteiger partial charge in [-0.15, -0.1) is 0 Å². The lowest BCUT2D eigenvalue weighted by atomic mass is 9.95. The van der Waals surface area contributed by atoms with Crippen molar-refractivity contribution < 1.29 is 14.3 Å². The van der Waals surface area contributed by atoms with Crippen LogP contribution in [0.3, 0.4) is 0 Å². The third-order valence-corrected chi connectivity index (χ3v) is 5.21. The fourth-order valence-corrected chi connectivity index (χ4v) is 4.12. The molecule has 0 bridgehead atoms. The highest BCUT2D eigenvalue weighted by atomic mass is 16.7. The number of carbonyl (C=O) groups is 1. The van der Waals surface area contributed by atoms with Crippen LogP contribution < -0.4 is 0 Å². The minimum absolute atomic E-state index is 0.0892. The molecule has 3 rings (SSSR count). The number of nitrogens with zero attached hydrogens (tertiary/aromatic N) is 2. The molecule has 3 fully saturated rings. The van der Waals surface area contributed by atoms with Crippen molar-refractivity contribution in [3.63, 3.8) is 0 Å². The largest absolute Gasteiger partial charge is 0.350 e. The topological polar surface area (TPSA) is 42.0 Å². The molecule has 0 saturated carbocycles. The van der Waals surface area contributed by atoms with Gasteiger partial charge in [-0.05, 0) is 45.2 Å². The van der Waals surface area contributed by atoms with E-state index in [2.05, 4.69) is 16.7 Å². The van der Waals surface area contributed by atoms with Crippen LogP contribution in [-0.4, -0.2) is 67.4 Å². The summed E-state index contributed by atoms with van der Waals surface area (Å²) in [6.07, 6.45) is 6.65. The van der Waals surface area contributed by atoms with E-state index >= 15 is 0 Å². The second-order valence-corrected chi connectivity index (χ2v) is 6.84. The molecule has 5 nitrogen and oxygen atoms in total. The first-order valence-electron chi connectivity index (χ1n) is 9.05. The maximum atomic E-state index is 13.0. The highest BCUT2D eigenvalue weighted by molar-refractivity contribution is 5.82. The molecule has 126 valence electrons. The number of piperidine rings is 2. The van der Waals surface area contributed by atoms with E-state index in [0.29, 0.717) is 25.0 Å². The third-order valence-electron chi connectivity index (χ3n) is 5.21. The molecule has 3 heterocycles. The maximum Gasteiger partial charge on any atom is 0.239 e. The van der Waals surface area contributed by atoms with Gasteiger partial charge >= 0.3 is 0 Å². The first-order valence-corrected chi connectivity index (χ1v) is 9.05. The van der Waals surface area contributed by atoms with Gasteiger partial charge in [0, 0.05) is 19.0 Å². The van der Waals surface area contributed by atoms with Crippen molar-refractivity contribution in [1.82, 2.24) is 9.80 Å². The van der Waals surface area contributed by atoms with Gasteiger partial charge in [0.2, 0.25) is 5.91 Å².